The maximum Gasteiger partial charge on any atom is 0.250 e. The highest BCUT2D eigenvalue weighted by atomic mass is 16.2. The first-order chi connectivity index (χ1) is 12.0. The van der Waals surface area contributed by atoms with Crippen molar-refractivity contribution in [3.05, 3.63) is 58.8 Å². The number of nitrogens with one attached hydrogen (secondary N) is 1. The first-order valence-corrected chi connectivity index (χ1v) is 9.20. The van der Waals surface area contributed by atoms with Crippen molar-refractivity contribution in [1.29, 1.82) is 0 Å². The highest BCUT2D eigenvalue weighted by molar-refractivity contribution is 5.99. The number of carbonyl (C=O) groups is 1. The van der Waals surface area contributed by atoms with E-state index in [-0.39, 0.29) is 17.4 Å². The van der Waals surface area contributed by atoms with E-state index in [2.05, 4.69) is 61.0 Å². The first-order valence-electron chi connectivity index (χ1n) is 9.20. The first kappa shape index (κ1) is 16.2. The van der Waals surface area contributed by atoms with E-state index in [4.69, 9.17) is 0 Å². The number of aromatic nitrogens is 1. The van der Waals surface area contributed by atoms with E-state index in [9.17, 15) is 4.79 Å². The van der Waals surface area contributed by atoms with E-state index < -0.39 is 0 Å². The van der Waals surface area contributed by atoms with E-state index in [1.54, 1.807) is 0 Å². The number of allylic oxidation sites excluding steroid dienone is 3. The summed E-state index contributed by atoms with van der Waals surface area (Å²) in [6, 6.07) is 8.51. The van der Waals surface area contributed by atoms with Crippen LogP contribution in [0.2, 0.25) is 0 Å². The number of amides is 1. The van der Waals surface area contributed by atoms with Gasteiger partial charge in [0, 0.05) is 34.6 Å². The summed E-state index contributed by atoms with van der Waals surface area (Å²) in [6.45, 7) is 9.30. The smallest absolute Gasteiger partial charge is 0.250 e. The molecule has 0 unspecified atom stereocenters. The molecule has 1 amide bonds. The number of hydrogen-bond donors (Lipinski definition) is 1. The number of fused-ring (bicyclic) bond motifs is 5. The lowest BCUT2D eigenvalue weighted by Crippen LogP contribution is -2.48. The minimum Gasteiger partial charge on any atom is -0.356 e. The van der Waals surface area contributed by atoms with Crippen LogP contribution in [0, 0.1) is 5.92 Å². The molecule has 3 nitrogen and oxygen atoms in total. The molecule has 2 aromatic rings. The van der Waals surface area contributed by atoms with Crippen LogP contribution in [0.4, 0.5) is 0 Å². The van der Waals surface area contributed by atoms with Crippen LogP contribution in [0.1, 0.15) is 45.4 Å². The molecule has 25 heavy (non-hydrogen) atoms. The lowest BCUT2D eigenvalue weighted by molar-refractivity contribution is -0.129. The molecule has 1 fully saturated rings. The number of aromatic amines is 1. The summed E-state index contributed by atoms with van der Waals surface area (Å²) in [5, 5.41) is 1.31. The fourth-order valence-corrected chi connectivity index (χ4v) is 4.80. The van der Waals surface area contributed by atoms with Gasteiger partial charge in [0.05, 0.1) is 5.54 Å². The third-order valence-corrected chi connectivity index (χ3v) is 6.08. The van der Waals surface area contributed by atoms with Crippen LogP contribution >= 0.6 is 0 Å². The Hall–Kier alpha value is -2.29. The minimum atomic E-state index is -0.294. The Morgan fingerprint density at radius 1 is 1.36 bits per heavy atom. The Morgan fingerprint density at radius 2 is 2.12 bits per heavy atom. The number of benzene rings is 1. The van der Waals surface area contributed by atoms with Crippen LogP contribution in [0.25, 0.3) is 10.9 Å². The average Bonchev–Trinajstić information content (AvgIpc) is 3.07. The van der Waals surface area contributed by atoms with Crippen molar-refractivity contribution in [3.63, 3.8) is 0 Å². The molecule has 1 N–H and O–H groups in total. The molecule has 0 radical (unpaired) electrons. The Labute approximate surface area is 149 Å². The molecular formula is C22H26N2O. The number of para-hydroxylation sites is 1. The van der Waals surface area contributed by atoms with Gasteiger partial charge in [-0.15, -0.1) is 0 Å². The second-order valence-electron chi connectivity index (χ2n) is 7.69. The Kier molecular flexibility index (Phi) is 3.64. The summed E-state index contributed by atoms with van der Waals surface area (Å²) in [7, 11) is 0. The van der Waals surface area contributed by atoms with E-state index in [1.807, 2.05) is 13.0 Å². The average molecular weight is 334 g/mol. The van der Waals surface area contributed by atoms with Gasteiger partial charge in [-0.25, -0.2) is 0 Å². The monoisotopic (exact) mass is 334 g/mol. The maximum absolute atomic E-state index is 13.1. The van der Waals surface area contributed by atoms with Crippen LogP contribution in [0.3, 0.4) is 0 Å². The van der Waals surface area contributed by atoms with Crippen LogP contribution in [0.15, 0.2) is 47.6 Å². The Balaban J connectivity index is 1.93. The van der Waals surface area contributed by atoms with Gasteiger partial charge >= 0.3 is 0 Å². The van der Waals surface area contributed by atoms with Crippen molar-refractivity contribution in [2.24, 2.45) is 5.92 Å². The van der Waals surface area contributed by atoms with Gasteiger partial charge in [-0.1, -0.05) is 35.9 Å². The molecular weight excluding hydrogens is 308 g/mol. The minimum absolute atomic E-state index is 0.187. The summed E-state index contributed by atoms with van der Waals surface area (Å²) >= 11 is 0. The summed E-state index contributed by atoms with van der Waals surface area (Å²) in [5.74, 6) is 0.397. The second-order valence-corrected chi connectivity index (χ2v) is 7.69. The van der Waals surface area contributed by atoms with Gasteiger partial charge in [0.2, 0.25) is 0 Å². The molecule has 2 atom stereocenters. The van der Waals surface area contributed by atoms with Crippen molar-refractivity contribution < 1.29 is 4.79 Å². The van der Waals surface area contributed by atoms with Crippen LogP contribution in [-0.2, 0) is 16.8 Å². The highest BCUT2D eigenvalue weighted by Gasteiger charge is 2.56. The lowest BCUT2D eigenvalue weighted by Gasteiger charge is -2.42. The third-order valence-electron chi connectivity index (χ3n) is 6.08. The maximum atomic E-state index is 13.1. The number of hydrogen-bond acceptors (Lipinski definition) is 1. The molecule has 130 valence electrons. The topological polar surface area (TPSA) is 36.1 Å². The molecule has 0 saturated carbocycles. The number of carbonyl (C=O) groups excluding carboxylic acids is 1. The van der Waals surface area contributed by atoms with E-state index >= 15 is 0 Å². The van der Waals surface area contributed by atoms with Gasteiger partial charge in [-0.05, 0) is 52.2 Å². The number of rotatable bonds is 2. The van der Waals surface area contributed by atoms with Gasteiger partial charge in [-0.3, -0.25) is 4.79 Å². The van der Waals surface area contributed by atoms with Crippen LogP contribution in [0.5, 0.6) is 0 Å². The van der Waals surface area contributed by atoms with Crippen molar-refractivity contribution in [2.75, 3.05) is 6.54 Å². The fraction of sp³-hybridized carbons (Fsp3) is 0.409. The van der Waals surface area contributed by atoms with Crippen molar-refractivity contribution in [3.8, 4) is 0 Å². The van der Waals surface area contributed by atoms with E-state index in [1.165, 1.54) is 27.7 Å². The van der Waals surface area contributed by atoms with Gasteiger partial charge in [0.1, 0.15) is 0 Å². The highest BCUT2D eigenvalue weighted by Crippen LogP contribution is 2.52. The molecule has 1 aromatic carbocycles. The van der Waals surface area contributed by atoms with Crippen LogP contribution < -0.4 is 0 Å². The summed E-state index contributed by atoms with van der Waals surface area (Å²) < 4.78 is 0. The van der Waals surface area contributed by atoms with Gasteiger partial charge in [-0.2, -0.15) is 0 Å². The van der Waals surface area contributed by atoms with Crippen molar-refractivity contribution >= 4 is 16.8 Å². The normalized spacial score (nSPS) is 26.9. The standard InChI is InChI=1S/C22H26N2O/c1-5-15-18(11-10-14(2)3)22(4)20-17(12-13-24(22)21(15)25)16-8-6-7-9-19(16)23-20/h5-10,18,23H,11-13H2,1-4H3/b15-5+/t18-,22-/m1/s1. The second kappa shape index (κ2) is 5.62. The predicted octanol–water partition coefficient (Wildman–Crippen LogP) is 4.70. The van der Waals surface area contributed by atoms with Crippen molar-refractivity contribution in [2.45, 2.75) is 46.1 Å². The lowest BCUT2D eigenvalue weighted by atomic mass is 9.75. The molecule has 0 aliphatic carbocycles. The Morgan fingerprint density at radius 3 is 2.84 bits per heavy atom. The van der Waals surface area contributed by atoms with Crippen molar-refractivity contribution in [1.82, 2.24) is 9.88 Å². The molecule has 1 aromatic heterocycles. The molecule has 2 aliphatic heterocycles. The zero-order valence-electron chi connectivity index (χ0n) is 15.5. The van der Waals surface area contributed by atoms with Crippen LogP contribution in [-0.4, -0.2) is 22.3 Å². The largest absolute Gasteiger partial charge is 0.356 e. The van der Waals surface area contributed by atoms with E-state index in [0.717, 1.165) is 25.0 Å². The quantitative estimate of drug-likeness (QED) is 0.627. The third kappa shape index (κ3) is 2.14. The van der Waals surface area contributed by atoms with Gasteiger partial charge in [0.15, 0.2) is 0 Å². The zero-order chi connectivity index (χ0) is 17.8. The summed E-state index contributed by atoms with van der Waals surface area (Å²) in [5.41, 5.74) is 5.78. The molecule has 3 heterocycles. The number of H-pyrrole nitrogens is 1. The van der Waals surface area contributed by atoms with Gasteiger partial charge < -0.3 is 9.88 Å². The molecule has 2 aliphatic rings. The summed E-state index contributed by atoms with van der Waals surface area (Å²) in [4.78, 5) is 18.8. The Bertz CT molecular complexity index is 913. The molecule has 0 spiro atoms. The SMILES string of the molecule is C/C=C1/C(=O)N2CCc3c([nH]c4ccccc34)[C@@]2(C)[C@@H]1CC=C(C)C. The van der Waals surface area contributed by atoms with Gasteiger partial charge in [0.25, 0.3) is 5.91 Å². The van der Waals surface area contributed by atoms with E-state index in [0.29, 0.717) is 0 Å². The number of nitrogens with zero attached hydrogens (tertiary/aromatic N) is 1. The summed E-state index contributed by atoms with van der Waals surface area (Å²) in [6.07, 6.45) is 6.12. The molecule has 4 rings (SSSR count). The fourth-order valence-electron chi connectivity index (χ4n) is 4.80. The predicted molar refractivity (Wildman–Crippen MR) is 102 cm³/mol. The molecule has 0 bridgehead atoms. The molecule has 3 heteroatoms. The zero-order valence-corrected chi connectivity index (χ0v) is 15.5. The molecule has 1 saturated heterocycles.